The minimum Gasteiger partial charge on any atom is -0.481 e. The van der Waals surface area contributed by atoms with Gasteiger partial charge in [0.05, 0.1) is 6.42 Å². The number of carbonyl (C=O) groups excluding carboxylic acids is 1. The Morgan fingerprint density at radius 3 is 2.76 bits per heavy atom. The summed E-state index contributed by atoms with van der Waals surface area (Å²) in [6, 6.07) is 2.46. The maximum absolute atomic E-state index is 11.3. The summed E-state index contributed by atoms with van der Waals surface area (Å²) in [4.78, 5) is 27.1. The van der Waals surface area contributed by atoms with Crippen LogP contribution in [0.3, 0.4) is 0 Å². The second-order valence-electron chi connectivity index (χ2n) is 3.77. The van der Waals surface area contributed by atoms with E-state index in [1.54, 1.807) is 31.5 Å². The number of hydrogen-bond acceptors (Lipinski definition) is 3. The fourth-order valence-electron chi connectivity index (χ4n) is 1.50. The van der Waals surface area contributed by atoms with Crippen LogP contribution in [0.25, 0.3) is 0 Å². The highest BCUT2D eigenvalue weighted by atomic mass is 16.4. The normalized spacial score (nSPS) is 11.8. The summed E-state index contributed by atoms with van der Waals surface area (Å²) >= 11 is 0. The Morgan fingerprint density at radius 1 is 1.59 bits per heavy atom. The minimum absolute atomic E-state index is 0.136. The van der Waals surface area contributed by atoms with Crippen molar-refractivity contribution in [2.24, 2.45) is 5.73 Å². The molecule has 0 bridgehead atoms. The van der Waals surface area contributed by atoms with E-state index in [0.29, 0.717) is 0 Å². The molecule has 1 rings (SSSR count). The van der Waals surface area contributed by atoms with Gasteiger partial charge in [-0.25, -0.2) is 4.79 Å². The van der Waals surface area contributed by atoms with E-state index in [4.69, 9.17) is 10.8 Å². The van der Waals surface area contributed by atoms with Gasteiger partial charge in [0, 0.05) is 25.0 Å². The molecule has 0 aliphatic heterocycles. The maximum Gasteiger partial charge on any atom is 0.315 e. The fourth-order valence-corrected chi connectivity index (χ4v) is 1.50. The molecule has 1 unspecified atom stereocenters. The van der Waals surface area contributed by atoms with Gasteiger partial charge in [0.1, 0.15) is 0 Å². The summed E-state index contributed by atoms with van der Waals surface area (Å²) in [6.45, 7) is 1.91. The molecule has 0 saturated heterocycles. The number of carboxylic acids is 1. The van der Waals surface area contributed by atoms with Gasteiger partial charge in [-0.1, -0.05) is 6.07 Å². The SMILES string of the molecule is CC(CC(=O)O)N(Cc1cccnc1)C(N)=O. The molecule has 2 amide bonds. The third-order valence-corrected chi connectivity index (χ3v) is 2.36. The first kappa shape index (κ1) is 13.0. The molecule has 3 N–H and O–H groups in total. The lowest BCUT2D eigenvalue weighted by atomic mass is 10.2. The number of nitrogens with zero attached hydrogens (tertiary/aromatic N) is 2. The standard InChI is InChI=1S/C11H15N3O3/c1-8(5-10(15)16)14(11(12)17)7-9-3-2-4-13-6-9/h2-4,6,8H,5,7H2,1H3,(H2,12,17)(H,15,16). The topological polar surface area (TPSA) is 96.5 Å². The molecule has 92 valence electrons. The first-order chi connectivity index (χ1) is 8.00. The van der Waals surface area contributed by atoms with Gasteiger partial charge in [-0.05, 0) is 18.6 Å². The lowest BCUT2D eigenvalue weighted by molar-refractivity contribution is -0.138. The van der Waals surface area contributed by atoms with Crippen LogP contribution in [-0.4, -0.2) is 33.0 Å². The Balaban J connectivity index is 2.73. The highest BCUT2D eigenvalue weighted by Crippen LogP contribution is 2.09. The molecular formula is C11H15N3O3. The Morgan fingerprint density at radius 2 is 2.29 bits per heavy atom. The summed E-state index contributed by atoms with van der Waals surface area (Å²) < 4.78 is 0. The van der Waals surface area contributed by atoms with Crippen LogP contribution in [0, 0.1) is 0 Å². The van der Waals surface area contributed by atoms with Crippen LogP contribution in [0.15, 0.2) is 24.5 Å². The molecule has 0 fully saturated rings. The zero-order valence-electron chi connectivity index (χ0n) is 9.54. The number of carboxylic acid groups (broad SMARTS) is 1. The van der Waals surface area contributed by atoms with E-state index < -0.39 is 18.0 Å². The average molecular weight is 237 g/mol. The minimum atomic E-state index is -0.963. The predicted molar refractivity (Wildman–Crippen MR) is 61.1 cm³/mol. The zero-order valence-corrected chi connectivity index (χ0v) is 9.54. The molecule has 1 atom stereocenters. The number of carbonyl (C=O) groups is 2. The molecule has 0 spiro atoms. The summed E-state index contributed by atoms with van der Waals surface area (Å²) in [6.07, 6.45) is 3.10. The van der Waals surface area contributed by atoms with E-state index in [2.05, 4.69) is 4.98 Å². The van der Waals surface area contributed by atoms with Crippen molar-refractivity contribution >= 4 is 12.0 Å². The molecule has 0 saturated carbocycles. The monoisotopic (exact) mass is 237 g/mol. The van der Waals surface area contributed by atoms with Gasteiger partial charge in [-0.2, -0.15) is 0 Å². The lowest BCUT2D eigenvalue weighted by Crippen LogP contribution is -2.42. The number of aliphatic carboxylic acids is 1. The van der Waals surface area contributed by atoms with Crippen molar-refractivity contribution in [2.75, 3.05) is 0 Å². The Bertz CT molecular complexity index is 394. The summed E-state index contributed by atoms with van der Waals surface area (Å²) in [5.74, 6) is -0.963. The number of nitrogens with two attached hydrogens (primary N) is 1. The average Bonchev–Trinajstić information content (AvgIpc) is 2.25. The van der Waals surface area contributed by atoms with Gasteiger partial charge in [-0.3, -0.25) is 9.78 Å². The van der Waals surface area contributed by atoms with Crippen molar-refractivity contribution < 1.29 is 14.7 Å². The largest absolute Gasteiger partial charge is 0.481 e. The number of rotatable bonds is 5. The highest BCUT2D eigenvalue weighted by Gasteiger charge is 2.20. The van der Waals surface area contributed by atoms with Crippen LogP contribution >= 0.6 is 0 Å². The van der Waals surface area contributed by atoms with Crippen LogP contribution < -0.4 is 5.73 Å². The van der Waals surface area contributed by atoms with Crippen molar-refractivity contribution in [3.63, 3.8) is 0 Å². The molecule has 1 heterocycles. The van der Waals surface area contributed by atoms with Gasteiger partial charge in [-0.15, -0.1) is 0 Å². The molecule has 1 aromatic heterocycles. The van der Waals surface area contributed by atoms with Gasteiger partial charge < -0.3 is 15.7 Å². The molecule has 0 aromatic carbocycles. The summed E-state index contributed by atoms with van der Waals surface area (Å²) in [7, 11) is 0. The maximum atomic E-state index is 11.3. The highest BCUT2D eigenvalue weighted by molar-refractivity contribution is 5.74. The van der Waals surface area contributed by atoms with Gasteiger partial charge in [0.25, 0.3) is 0 Å². The first-order valence-corrected chi connectivity index (χ1v) is 5.17. The van der Waals surface area contributed by atoms with Crippen molar-refractivity contribution in [2.45, 2.75) is 25.9 Å². The number of primary amides is 1. The Kier molecular flexibility index (Phi) is 4.45. The van der Waals surface area contributed by atoms with Crippen LogP contribution in [0.5, 0.6) is 0 Å². The molecular weight excluding hydrogens is 222 g/mol. The molecule has 0 radical (unpaired) electrons. The van der Waals surface area contributed by atoms with Gasteiger partial charge in [0.15, 0.2) is 0 Å². The van der Waals surface area contributed by atoms with Crippen molar-refractivity contribution in [3.8, 4) is 0 Å². The third-order valence-electron chi connectivity index (χ3n) is 2.36. The Hall–Kier alpha value is -2.11. The van der Waals surface area contributed by atoms with E-state index in [1.165, 1.54) is 4.90 Å². The predicted octanol–water partition coefficient (Wildman–Crippen LogP) is 0.826. The number of urea groups is 1. The number of amides is 2. The van der Waals surface area contributed by atoms with Crippen molar-refractivity contribution in [3.05, 3.63) is 30.1 Å². The zero-order chi connectivity index (χ0) is 12.8. The molecule has 0 aliphatic carbocycles. The van der Waals surface area contributed by atoms with Crippen molar-refractivity contribution in [1.29, 1.82) is 0 Å². The van der Waals surface area contributed by atoms with E-state index in [-0.39, 0.29) is 13.0 Å². The van der Waals surface area contributed by atoms with E-state index >= 15 is 0 Å². The fraction of sp³-hybridized carbons (Fsp3) is 0.364. The molecule has 1 aromatic rings. The quantitative estimate of drug-likeness (QED) is 0.792. The summed E-state index contributed by atoms with van der Waals surface area (Å²) in [5, 5.41) is 8.69. The lowest BCUT2D eigenvalue weighted by Gasteiger charge is -2.26. The number of hydrogen-bond donors (Lipinski definition) is 2. The second-order valence-corrected chi connectivity index (χ2v) is 3.77. The molecule has 6 nitrogen and oxygen atoms in total. The number of aromatic nitrogens is 1. The van der Waals surface area contributed by atoms with Crippen LogP contribution in [0.2, 0.25) is 0 Å². The molecule has 6 heteroatoms. The molecule has 0 aliphatic rings. The molecule has 17 heavy (non-hydrogen) atoms. The Labute approximate surface area is 99.1 Å². The van der Waals surface area contributed by atoms with E-state index in [9.17, 15) is 9.59 Å². The summed E-state index contributed by atoms with van der Waals surface area (Å²) in [5.41, 5.74) is 6.04. The van der Waals surface area contributed by atoms with Gasteiger partial charge in [0.2, 0.25) is 0 Å². The van der Waals surface area contributed by atoms with Crippen molar-refractivity contribution in [1.82, 2.24) is 9.88 Å². The van der Waals surface area contributed by atoms with E-state index in [1.807, 2.05) is 0 Å². The van der Waals surface area contributed by atoms with Crippen LogP contribution in [0.1, 0.15) is 18.9 Å². The van der Waals surface area contributed by atoms with Crippen LogP contribution in [-0.2, 0) is 11.3 Å². The number of pyridine rings is 1. The smallest absolute Gasteiger partial charge is 0.315 e. The van der Waals surface area contributed by atoms with Gasteiger partial charge >= 0.3 is 12.0 Å². The second kappa shape index (κ2) is 5.83. The third kappa shape index (κ3) is 4.10. The first-order valence-electron chi connectivity index (χ1n) is 5.17. The van der Waals surface area contributed by atoms with E-state index in [0.717, 1.165) is 5.56 Å². The van der Waals surface area contributed by atoms with Crippen LogP contribution in [0.4, 0.5) is 4.79 Å².